The van der Waals surface area contributed by atoms with Crippen LogP contribution in [0, 0.1) is 0 Å². The van der Waals surface area contributed by atoms with Gasteiger partial charge in [-0.05, 0) is 19.1 Å². The Bertz CT molecular complexity index is 450. The fourth-order valence-corrected chi connectivity index (χ4v) is 1.64. The third-order valence-electron chi connectivity index (χ3n) is 2.41. The molecule has 4 nitrogen and oxygen atoms in total. The molecule has 0 aromatic carbocycles. The van der Waals surface area contributed by atoms with Crippen molar-refractivity contribution in [1.29, 1.82) is 0 Å². The number of nitrogens with zero attached hydrogens (tertiary/aromatic N) is 2. The maximum Gasteiger partial charge on any atom is 0.139 e. The van der Waals surface area contributed by atoms with Crippen LogP contribution in [-0.4, -0.2) is 9.55 Å². The van der Waals surface area contributed by atoms with E-state index in [1.807, 2.05) is 36.9 Å². The first kappa shape index (κ1) is 9.18. The maximum atomic E-state index is 5.17. The summed E-state index contributed by atoms with van der Waals surface area (Å²) in [6.45, 7) is 1.92. The van der Waals surface area contributed by atoms with Crippen LogP contribution in [0.1, 0.15) is 18.6 Å². The Balaban J connectivity index is 2.66. The molecule has 4 heteroatoms. The van der Waals surface area contributed by atoms with Crippen LogP contribution >= 0.6 is 0 Å². The average molecular weight is 191 g/mol. The summed E-state index contributed by atoms with van der Waals surface area (Å²) in [5.41, 5.74) is 2.02. The Morgan fingerprint density at radius 1 is 1.57 bits per heavy atom. The van der Waals surface area contributed by atoms with E-state index in [1.165, 1.54) is 0 Å². The zero-order valence-electron chi connectivity index (χ0n) is 8.27. The van der Waals surface area contributed by atoms with Gasteiger partial charge in [-0.3, -0.25) is 4.84 Å². The molecule has 2 heterocycles. The molecule has 0 amide bonds. The molecule has 14 heavy (non-hydrogen) atoms. The van der Waals surface area contributed by atoms with Crippen LogP contribution in [-0.2, 0) is 11.9 Å². The molecule has 0 saturated carbocycles. The molecule has 74 valence electrons. The lowest BCUT2D eigenvalue weighted by atomic mass is 10.1. The lowest BCUT2D eigenvalue weighted by molar-refractivity contribution is 0.0673. The van der Waals surface area contributed by atoms with Gasteiger partial charge < -0.3 is 4.57 Å². The second-order valence-corrected chi connectivity index (χ2v) is 3.35. The van der Waals surface area contributed by atoms with Gasteiger partial charge in [0.2, 0.25) is 0 Å². The van der Waals surface area contributed by atoms with Crippen molar-refractivity contribution in [3.8, 4) is 0 Å². The quantitative estimate of drug-likeness (QED) is 0.732. The minimum Gasteiger partial charge on any atom is -0.335 e. The van der Waals surface area contributed by atoms with Crippen molar-refractivity contribution in [1.82, 2.24) is 9.55 Å². The molecule has 2 N–H and O–H groups in total. The van der Waals surface area contributed by atoms with E-state index < -0.39 is 0 Å². The maximum absolute atomic E-state index is 5.17. The topological polar surface area (TPSA) is 53.1 Å². The first-order chi connectivity index (χ1) is 6.74. The van der Waals surface area contributed by atoms with Gasteiger partial charge in [0.05, 0.1) is 0 Å². The Hall–Kier alpha value is -1.39. The van der Waals surface area contributed by atoms with Crippen LogP contribution in [0.15, 0.2) is 24.5 Å². The number of rotatable bonds is 2. The molecule has 2 aromatic rings. The lowest BCUT2D eigenvalue weighted by Crippen LogP contribution is -2.04. The molecule has 0 fully saturated rings. The molecule has 1 atom stereocenters. The summed E-state index contributed by atoms with van der Waals surface area (Å²) in [6.07, 6.45) is 3.66. The molecule has 0 aliphatic carbocycles. The van der Waals surface area contributed by atoms with Gasteiger partial charge in [0.25, 0.3) is 0 Å². The van der Waals surface area contributed by atoms with Gasteiger partial charge in [0.15, 0.2) is 0 Å². The summed E-state index contributed by atoms with van der Waals surface area (Å²) < 4.78 is 1.97. The molecule has 0 aliphatic heterocycles. The van der Waals surface area contributed by atoms with E-state index in [2.05, 4.69) is 4.98 Å². The first-order valence-corrected chi connectivity index (χ1v) is 4.49. The number of hydrogen-bond donors (Lipinski definition) is 1. The van der Waals surface area contributed by atoms with Crippen LogP contribution in [0.3, 0.4) is 0 Å². The van der Waals surface area contributed by atoms with Gasteiger partial charge in [-0.15, -0.1) is 0 Å². The van der Waals surface area contributed by atoms with Crippen LogP contribution in [0.25, 0.3) is 11.0 Å². The smallest absolute Gasteiger partial charge is 0.139 e. The predicted octanol–water partition coefficient (Wildman–Crippen LogP) is 1.52. The van der Waals surface area contributed by atoms with E-state index in [0.29, 0.717) is 0 Å². The Labute approximate surface area is 82.3 Å². The zero-order valence-corrected chi connectivity index (χ0v) is 8.27. The molecular formula is C10H13N3O. The second kappa shape index (κ2) is 3.40. The van der Waals surface area contributed by atoms with E-state index in [-0.39, 0.29) is 6.10 Å². The number of aromatic nitrogens is 2. The van der Waals surface area contributed by atoms with E-state index in [9.17, 15) is 0 Å². The summed E-state index contributed by atoms with van der Waals surface area (Å²) in [5, 5.41) is 1.09. The number of fused-ring (bicyclic) bond motifs is 1. The van der Waals surface area contributed by atoms with E-state index >= 15 is 0 Å². The van der Waals surface area contributed by atoms with Crippen LogP contribution in [0.4, 0.5) is 0 Å². The summed E-state index contributed by atoms with van der Waals surface area (Å²) in [5.74, 6) is 5.17. The summed E-state index contributed by atoms with van der Waals surface area (Å²) in [4.78, 5) is 9.10. The first-order valence-electron chi connectivity index (χ1n) is 4.49. The Morgan fingerprint density at radius 3 is 3.07 bits per heavy atom. The van der Waals surface area contributed by atoms with Crippen LogP contribution in [0.2, 0.25) is 0 Å². The molecule has 0 bridgehead atoms. The Kier molecular flexibility index (Phi) is 2.23. The fraction of sp³-hybridized carbons (Fsp3) is 0.300. The highest BCUT2D eigenvalue weighted by molar-refractivity contribution is 5.80. The van der Waals surface area contributed by atoms with Gasteiger partial charge in [-0.1, -0.05) is 0 Å². The Morgan fingerprint density at radius 2 is 2.36 bits per heavy atom. The largest absolute Gasteiger partial charge is 0.335 e. The van der Waals surface area contributed by atoms with Gasteiger partial charge in [0.1, 0.15) is 11.8 Å². The van der Waals surface area contributed by atoms with E-state index in [0.717, 1.165) is 16.6 Å². The molecule has 0 radical (unpaired) electrons. The number of hydrogen-bond acceptors (Lipinski definition) is 3. The zero-order chi connectivity index (χ0) is 10.1. The van der Waals surface area contributed by atoms with Crippen molar-refractivity contribution >= 4 is 11.0 Å². The van der Waals surface area contributed by atoms with Crippen molar-refractivity contribution in [3.05, 3.63) is 30.1 Å². The molecule has 0 spiro atoms. The standard InChI is InChI=1S/C10H13N3O/c1-7(14-11)9-6-13(2)10-8(9)4-3-5-12-10/h3-7H,11H2,1-2H3. The van der Waals surface area contributed by atoms with E-state index in [4.69, 9.17) is 10.7 Å². The normalized spacial score (nSPS) is 13.4. The van der Waals surface area contributed by atoms with Crippen LogP contribution in [0.5, 0.6) is 0 Å². The number of pyridine rings is 1. The predicted molar refractivity (Wildman–Crippen MR) is 54.4 cm³/mol. The van der Waals surface area contributed by atoms with E-state index in [1.54, 1.807) is 6.20 Å². The third kappa shape index (κ3) is 1.29. The molecule has 0 saturated heterocycles. The molecule has 2 rings (SSSR count). The highest BCUT2D eigenvalue weighted by atomic mass is 16.6. The van der Waals surface area contributed by atoms with Gasteiger partial charge in [-0.25, -0.2) is 10.9 Å². The van der Waals surface area contributed by atoms with Crippen molar-refractivity contribution in [3.63, 3.8) is 0 Å². The lowest BCUT2D eigenvalue weighted by Gasteiger charge is -2.05. The SMILES string of the molecule is CC(ON)c1cn(C)c2ncccc12. The van der Waals surface area contributed by atoms with Crippen molar-refractivity contribution < 1.29 is 4.84 Å². The molecule has 0 aliphatic rings. The van der Waals surface area contributed by atoms with Crippen molar-refractivity contribution in [2.45, 2.75) is 13.0 Å². The summed E-state index contributed by atoms with van der Waals surface area (Å²) in [6, 6.07) is 3.93. The minimum atomic E-state index is -0.108. The number of aryl methyl sites for hydroxylation is 1. The van der Waals surface area contributed by atoms with Gasteiger partial charge in [0, 0.05) is 30.4 Å². The second-order valence-electron chi connectivity index (χ2n) is 3.35. The fourth-order valence-electron chi connectivity index (χ4n) is 1.64. The minimum absolute atomic E-state index is 0.108. The van der Waals surface area contributed by atoms with Crippen LogP contribution < -0.4 is 5.90 Å². The molecular weight excluding hydrogens is 178 g/mol. The highest BCUT2D eigenvalue weighted by Gasteiger charge is 2.12. The van der Waals surface area contributed by atoms with Crippen molar-refractivity contribution in [2.24, 2.45) is 12.9 Å². The highest BCUT2D eigenvalue weighted by Crippen LogP contribution is 2.25. The summed E-state index contributed by atoms with van der Waals surface area (Å²) in [7, 11) is 1.96. The molecule has 1 unspecified atom stereocenters. The average Bonchev–Trinajstić information content (AvgIpc) is 2.56. The summed E-state index contributed by atoms with van der Waals surface area (Å²) >= 11 is 0. The monoisotopic (exact) mass is 191 g/mol. The van der Waals surface area contributed by atoms with Gasteiger partial charge in [-0.2, -0.15) is 0 Å². The van der Waals surface area contributed by atoms with Crippen molar-refractivity contribution in [2.75, 3.05) is 0 Å². The van der Waals surface area contributed by atoms with Gasteiger partial charge >= 0.3 is 0 Å². The number of nitrogens with two attached hydrogens (primary N) is 1. The third-order valence-corrected chi connectivity index (χ3v) is 2.41. The molecule has 2 aromatic heterocycles.